The van der Waals surface area contributed by atoms with Crippen LogP contribution in [0.4, 0.5) is 5.82 Å². The zero-order valence-corrected chi connectivity index (χ0v) is 13.5. The van der Waals surface area contributed by atoms with E-state index in [4.69, 9.17) is 10.5 Å². The molecule has 6 heteroatoms. The quantitative estimate of drug-likeness (QED) is 0.818. The lowest BCUT2D eigenvalue weighted by molar-refractivity contribution is 0.232. The number of pyridine rings is 1. The first-order chi connectivity index (χ1) is 10.2. The van der Waals surface area contributed by atoms with Crippen molar-refractivity contribution in [3.63, 3.8) is 0 Å². The number of halogens is 1. The first-order valence-electron chi connectivity index (χ1n) is 7.08. The molecular weight excluding hydrogens is 330 g/mol. The smallest absolute Gasteiger partial charge is 0.128 e. The Hall–Kier alpha value is -1.63. The van der Waals surface area contributed by atoms with Crippen molar-refractivity contribution in [1.82, 2.24) is 9.88 Å². The van der Waals surface area contributed by atoms with Gasteiger partial charge in [0.05, 0.1) is 18.1 Å². The van der Waals surface area contributed by atoms with E-state index in [1.807, 2.05) is 18.3 Å². The van der Waals surface area contributed by atoms with Crippen LogP contribution in [0.5, 0.6) is 0 Å². The van der Waals surface area contributed by atoms with Gasteiger partial charge in [0, 0.05) is 49.8 Å². The van der Waals surface area contributed by atoms with Crippen molar-refractivity contribution >= 4 is 21.7 Å². The summed E-state index contributed by atoms with van der Waals surface area (Å²) in [4.78, 5) is 8.99. The maximum Gasteiger partial charge on any atom is 0.128 e. The van der Waals surface area contributed by atoms with Crippen molar-refractivity contribution in [2.75, 3.05) is 37.6 Å². The fraction of sp³-hybridized carbons (Fsp3) is 0.533. The van der Waals surface area contributed by atoms with Gasteiger partial charge in [-0.05, 0) is 34.5 Å². The minimum Gasteiger partial charge on any atom is -0.354 e. The normalized spacial score (nSPS) is 17.0. The van der Waals surface area contributed by atoms with Crippen molar-refractivity contribution in [2.45, 2.75) is 12.8 Å². The van der Waals surface area contributed by atoms with E-state index in [-0.39, 0.29) is 5.92 Å². The van der Waals surface area contributed by atoms with Gasteiger partial charge >= 0.3 is 0 Å². The summed E-state index contributed by atoms with van der Waals surface area (Å²) in [6, 6.07) is 8.44. The molecule has 0 saturated carbocycles. The summed E-state index contributed by atoms with van der Waals surface area (Å²) in [7, 11) is 0. The van der Waals surface area contributed by atoms with E-state index in [2.05, 4.69) is 42.9 Å². The molecule has 0 aliphatic carbocycles. The Morgan fingerprint density at radius 3 is 2.57 bits per heavy atom. The fourth-order valence-electron chi connectivity index (χ4n) is 2.46. The van der Waals surface area contributed by atoms with Crippen molar-refractivity contribution in [2.24, 2.45) is 5.92 Å². The second kappa shape index (κ2) is 7.97. The SMILES string of the molecule is N#CCCC(C#N)CN1CCN(c2ccc(Br)cn2)CC1. The molecule has 1 aliphatic heterocycles. The number of hydrogen-bond acceptors (Lipinski definition) is 5. The molecule has 110 valence electrons. The second-order valence-corrected chi connectivity index (χ2v) is 6.06. The van der Waals surface area contributed by atoms with Gasteiger partial charge in [0.2, 0.25) is 0 Å². The molecule has 1 saturated heterocycles. The van der Waals surface area contributed by atoms with Gasteiger partial charge in [0.25, 0.3) is 0 Å². The molecule has 5 nitrogen and oxygen atoms in total. The third kappa shape index (κ3) is 4.70. The van der Waals surface area contributed by atoms with Crippen LogP contribution in [0.1, 0.15) is 12.8 Å². The van der Waals surface area contributed by atoms with E-state index in [9.17, 15) is 0 Å². The second-order valence-electron chi connectivity index (χ2n) is 5.15. The van der Waals surface area contributed by atoms with Crippen LogP contribution in [0.25, 0.3) is 0 Å². The largest absolute Gasteiger partial charge is 0.354 e. The van der Waals surface area contributed by atoms with Crippen LogP contribution >= 0.6 is 15.9 Å². The van der Waals surface area contributed by atoms with Crippen LogP contribution in [0, 0.1) is 28.6 Å². The third-order valence-electron chi connectivity index (χ3n) is 3.67. The molecule has 1 aliphatic rings. The average molecular weight is 348 g/mol. The van der Waals surface area contributed by atoms with Crippen LogP contribution in [-0.2, 0) is 0 Å². The van der Waals surface area contributed by atoms with E-state index in [0.29, 0.717) is 12.8 Å². The van der Waals surface area contributed by atoms with Crippen molar-refractivity contribution in [1.29, 1.82) is 10.5 Å². The third-order valence-corrected chi connectivity index (χ3v) is 4.14. The first kappa shape index (κ1) is 15.8. The summed E-state index contributed by atoms with van der Waals surface area (Å²) in [5, 5.41) is 17.7. The van der Waals surface area contributed by atoms with Gasteiger partial charge in [-0.2, -0.15) is 10.5 Å². The fourth-order valence-corrected chi connectivity index (χ4v) is 2.70. The Kier molecular flexibility index (Phi) is 5.98. The van der Waals surface area contributed by atoms with Crippen LogP contribution in [0.3, 0.4) is 0 Å². The predicted molar refractivity (Wildman–Crippen MR) is 84.5 cm³/mol. The van der Waals surface area contributed by atoms with E-state index in [1.54, 1.807) is 0 Å². The molecule has 2 rings (SSSR count). The van der Waals surface area contributed by atoms with Crippen LogP contribution in [0.15, 0.2) is 22.8 Å². The number of hydrogen-bond donors (Lipinski definition) is 0. The maximum atomic E-state index is 9.13. The van der Waals surface area contributed by atoms with Crippen molar-refractivity contribution in [3.8, 4) is 12.1 Å². The van der Waals surface area contributed by atoms with Gasteiger partial charge in [-0.25, -0.2) is 4.98 Å². The van der Waals surface area contributed by atoms with Gasteiger partial charge in [-0.1, -0.05) is 0 Å². The highest BCUT2D eigenvalue weighted by molar-refractivity contribution is 9.10. The molecule has 0 spiro atoms. The summed E-state index contributed by atoms with van der Waals surface area (Å²) in [5.41, 5.74) is 0. The molecule has 1 fully saturated rings. The Morgan fingerprint density at radius 1 is 1.24 bits per heavy atom. The number of nitriles is 2. The summed E-state index contributed by atoms with van der Waals surface area (Å²) in [6.07, 6.45) is 2.94. The van der Waals surface area contributed by atoms with E-state index in [0.717, 1.165) is 43.0 Å². The Balaban J connectivity index is 1.81. The van der Waals surface area contributed by atoms with Gasteiger partial charge in [-0.3, -0.25) is 4.90 Å². The predicted octanol–water partition coefficient (Wildman–Crippen LogP) is 2.41. The van der Waals surface area contributed by atoms with Gasteiger partial charge < -0.3 is 4.90 Å². The maximum absolute atomic E-state index is 9.13. The van der Waals surface area contributed by atoms with Gasteiger partial charge in [0.15, 0.2) is 0 Å². The lowest BCUT2D eigenvalue weighted by Crippen LogP contribution is -2.48. The lowest BCUT2D eigenvalue weighted by Gasteiger charge is -2.36. The van der Waals surface area contributed by atoms with Crippen LogP contribution in [0.2, 0.25) is 0 Å². The molecule has 0 N–H and O–H groups in total. The number of rotatable bonds is 5. The van der Waals surface area contributed by atoms with Gasteiger partial charge in [0.1, 0.15) is 5.82 Å². The van der Waals surface area contributed by atoms with E-state index >= 15 is 0 Å². The Labute approximate surface area is 133 Å². The number of piperazine rings is 1. The topological polar surface area (TPSA) is 67.0 Å². The molecule has 0 bridgehead atoms. The van der Waals surface area contributed by atoms with E-state index < -0.39 is 0 Å². The molecule has 21 heavy (non-hydrogen) atoms. The molecule has 0 amide bonds. The molecule has 1 unspecified atom stereocenters. The molecule has 2 heterocycles. The summed E-state index contributed by atoms with van der Waals surface area (Å²) in [6.45, 7) is 4.47. The van der Waals surface area contributed by atoms with Crippen molar-refractivity contribution in [3.05, 3.63) is 22.8 Å². The van der Waals surface area contributed by atoms with E-state index in [1.165, 1.54) is 0 Å². The summed E-state index contributed by atoms with van der Waals surface area (Å²) >= 11 is 3.39. The zero-order valence-electron chi connectivity index (χ0n) is 11.9. The highest BCUT2D eigenvalue weighted by Crippen LogP contribution is 2.17. The minimum absolute atomic E-state index is 0.0398. The Morgan fingerprint density at radius 2 is 2.00 bits per heavy atom. The number of anilines is 1. The number of nitrogens with zero attached hydrogens (tertiary/aromatic N) is 5. The van der Waals surface area contributed by atoms with Crippen molar-refractivity contribution < 1.29 is 0 Å². The molecular formula is C15H18BrN5. The molecule has 1 aromatic rings. The van der Waals surface area contributed by atoms with Crippen LogP contribution in [-0.4, -0.2) is 42.6 Å². The standard InChI is InChI=1S/C15H18BrN5/c16-14-3-4-15(19-11-14)21-8-6-20(7-9-21)12-13(10-18)2-1-5-17/h3-4,11,13H,1-2,6-9,12H2. The van der Waals surface area contributed by atoms with Crippen LogP contribution < -0.4 is 4.90 Å². The molecule has 1 aromatic heterocycles. The monoisotopic (exact) mass is 347 g/mol. The summed E-state index contributed by atoms with van der Waals surface area (Å²) < 4.78 is 0.985. The Bertz CT molecular complexity index is 522. The molecule has 0 radical (unpaired) electrons. The lowest BCUT2D eigenvalue weighted by atomic mass is 10.0. The highest BCUT2D eigenvalue weighted by atomic mass is 79.9. The van der Waals surface area contributed by atoms with Gasteiger partial charge in [-0.15, -0.1) is 0 Å². The minimum atomic E-state index is -0.0398. The first-order valence-corrected chi connectivity index (χ1v) is 7.87. The highest BCUT2D eigenvalue weighted by Gasteiger charge is 2.20. The molecule has 1 atom stereocenters. The summed E-state index contributed by atoms with van der Waals surface area (Å²) in [5.74, 6) is 0.959. The molecule has 0 aromatic carbocycles. The average Bonchev–Trinajstić information content (AvgIpc) is 2.53. The zero-order chi connectivity index (χ0) is 15.1. The number of aromatic nitrogens is 1.